The van der Waals surface area contributed by atoms with E-state index in [1.807, 2.05) is 25.3 Å². The molecule has 4 rings (SSSR count). The zero-order valence-electron chi connectivity index (χ0n) is 25.0. The van der Waals surface area contributed by atoms with E-state index in [-0.39, 0.29) is 5.69 Å². The number of unbranched alkanes of at least 4 members (excludes halogenated alkanes) is 13. The zero-order chi connectivity index (χ0) is 29.1. The van der Waals surface area contributed by atoms with Crippen LogP contribution in [0.3, 0.4) is 0 Å². The molecule has 8 heteroatoms. The van der Waals surface area contributed by atoms with Crippen LogP contribution < -0.4 is 14.4 Å². The van der Waals surface area contributed by atoms with Crippen molar-refractivity contribution in [1.29, 1.82) is 0 Å². The number of benzene rings is 2. The second-order valence-electron chi connectivity index (χ2n) is 11.1. The van der Waals surface area contributed by atoms with Crippen LogP contribution in [-0.2, 0) is 4.74 Å². The minimum absolute atomic E-state index is 0.0431. The Morgan fingerprint density at radius 1 is 0.927 bits per heavy atom. The SMILES string of the molecule is CCCCCCCCCCCCCCCCOC1=Cc2cc([N+](=O)[O-])cc(OC)c2OC12Sc1ccccc1N2C. The number of likely N-dealkylation sites (N-methyl/N-ethyl adjacent to an activating group) is 1. The third-order valence-electron chi connectivity index (χ3n) is 8.01. The molecule has 224 valence electrons. The van der Waals surface area contributed by atoms with Crippen LogP contribution in [0.5, 0.6) is 11.5 Å². The number of nitrogens with zero attached hydrogens (tertiary/aromatic N) is 2. The summed E-state index contributed by atoms with van der Waals surface area (Å²) in [5.74, 6) is 1.46. The van der Waals surface area contributed by atoms with E-state index in [0.717, 1.165) is 23.4 Å². The van der Waals surface area contributed by atoms with E-state index < -0.39 is 9.98 Å². The van der Waals surface area contributed by atoms with Crippen LogP contribution in [0.15, 0.2) is 47.1 Å². The summed E-state index contributed by atoms with van der Waals surface area (Å²) >= 11 is 1.58. The molecule has 1 unspecified atom stereocenters. The van der Waals surface area contributed by atoms with Gasteiger partial charge in [-0.05, 0) is 36.4 Å². The number of para-hydroxylation sites is 1. The van der Waals surface area contributed by atoms with Gasteiger partial charge in [0.25, 0.3) is 10.7 Å². The Morgan fingerprint density at radius 2 is 1.54 bits per heavy atom. The quantitative estimate of drug-likeness (QED) is 0.0984. The van der Waals surface area contributed by atoms with Gasteiger partial charge in [-0.3, -0.25) is 10.1 Å². The van der Waals surface area contributed by atoms with Crippen molar-refractivity contribution in [3.63, 3.8) is 0 Å². The van der Waals surface area contributed by atoms with Gasteiger partial charge >= 0.3 is 0 Å². The molecule has 2 heterocycles. The van der Waals surface area contributed by atoms with E-state index in [4.69, 9.17) is 14.2 Å². The maximum absolute atomic E-state index is 11.6. The Balaban J connectivity index is 1.30. The second kappa shape index (κ2) is 15.4. The van der Waals surface area contributed by atoms with E-state index in [1.54, 1.807) is 11.8 Å². The smallest absolute Gasteiger partial charge is 0.295 e. The molecule has 0 aromatic heterocycles. The molecule has 0 saturated heterocycles. The van der Waals surface area contributed by atoms with Crippen LogP contribution in [0.1, 0.15) is 102 Å². The summed E-state index contributed by atoms with van der Waals surface area (Å²) in [5.41, 5.74) is 1.59. The first-order valence-electron chi connectivity index (χ1n) is 15.4. The van der Waals surface area contributed by atoms with E-state index >= 15 is 0 Å². The number of nitro benzene ring substituents is 1. The van der Waals surface area contributed by atoms with Gasteiger partial charge in [-0.2, -0.15) is 0 Å². The van der Waals surface area contributed by atoms with E-state index in [0.29, 0.717) is 29.4 Å². The Morgan fingerprint density at radius 3 is 2.12 bits per heavy atom. The molecular weight excluding hydrogens is 536 g/mol. The first kappa shape index (κ1) is 31.1. The van der Waals surface area contributed by atoms with Crippen molar-refractivity contribution in [3.8, 4) is 11.5 Å². The van der Waals surface area contributed by atoms with Crippen LogP contribution in [-0.4, -0.2) is 30.7 Å². The fourth-order valence-electron chi connectivity index (χ4n) is 5.62. The van der Waals surface area contributed by atoms with Gasteiger partial charge in [0.15, 0.2) is 17.3 Å². The lowest BCUT2D eigenvalue weighted by Crippen LogP contribution is -2.49. The number of methoxy groups -OCH3 is 1. The van der Waals surface area contributed by atoms with Gasteiger partial charge in [0.1, 0.15) is 0 Å². The average molecular weight is 583 g/mol. The Bertz CT molecular complexity index is 1190. The Labute approximate surface area is 249 Å². The molecule has 41 heavy (non-hydrogen) atoms. The number of nitro groups is 1. The lowest BCUT2D eigenvalue weighted by Gasteiger charge is -2.40. The normalized spacial score (nSPS) is 17.1. The summed E-state index contributed by atoms with van der Waals surface area (Å²) in [5, 5.41) is 10.6. The van der Waals surface area contributed by atoms with Gasteiger partial charge in [-0.25, -0.2) is 0 Å². The molecule has 2 aliphatic rings. The number of fused-ring (bicyclic) bond motifs is 2. The summed E-state index contributed by atoms with van der Waals surface area (Å²) < 4.78 is 18.6. The van der Waals surface area contributed by atoms with Crippen molar-refractivity contribution in [2.24, 2.45) is 0 Å². The third kappa shape index (κ3) is 7.70. The Kier molecular flexibility index (Phi) is 11.7. The number of hydrogen-bond acceptors (Lipinski definition) is 7. The van der Waals surface area contributed by atoms with Crippen LogP contribution in [0.25, 0.3) is 6.08 Å². The molecule has 0 amide bonds. The molecule has 0 fully saturated rings. The van der Waals surface area contributed by atoms with E-state index in [1.165, 1.54) is 96.3 Å². The number of thioether (sulfide) groups is 1. The topological polar surface area (TPSA) is 74.1 Å². The molecule has 1 atom stereocenters. The van der Waals surface area contributed by atoms with Crippen molar-refractivity contribution in [1.82, 2.24) is 0 Å². The first-order valence-corrected chi connectivity index (χ1v) is 16.2. The van der Waals surface area contributed by atoms with Crippen molar-refractivity contribution >= 4 is 29.2 Å². The number of non-ortho nitro benzene ring substituents is 1. The summed E-state index contributed by atoms with van der Waals surface area (Å²) in [6, 6.07) is 11.1. The molecule has 2 aromatic carbocycles. The summed E-state index contributed by atoms with van der Waals surface area (Å²) in [7, 11) is 3.49. The molecule has 2 aromatic rings. The fourth-order valence-corrected chi connectivity index (χ4v) is 6.95. The van der Waals surface area contributed by atoms with Gasteiger partial charge in [0, 0.05) is 23.6 Å². The lowest BCUT2D eigenvalue weighted by atomic mass is 10.0. The minimum Gasteiger partial charge on any atom is -0.493 e. The molecule has 0 radical (unpaired) electrons. The summed E-state index contributed by atoms with van der Waals surface area (Å²) in [4.78, 5) is 14.3. The van der Waals surface area contributed by atoms with Crippen molar-refractivity contribution < 1.29 is 19.1 Å². The van der Waals surface area contributed by atoms with Crippen molar-refractivity contribution in [2.45, 2.75) is 107 Å². The molecule has 2 aliphatic heterocycles. The van der Waals surface area contributed by atoms with Gasteiger partial charge in [0.05, 0.1) is 30.4 Å². The number of rotatable bonds is 18. The summed E-state index contributed by atoms with van der Waals surface area (Å²) in [6.07, 6.45) is 20.2. The van der Waals surface area contributed by atoms with Crippen LogP contribution in [0, 0.1) is 10.1 Å². The molecular formula is C33H46N2O5S. The number of hydrogen-bond donors (Lipinski definition) is 0. The molecule has 7 nitrogen and oxygen atoms in total. The van der Waals surface area contributed by atoms with Gasteiger partial charge in [-0.15, -0.1) is 0 Å². The Hall–Kier alpha value is -2.87. The number of anilines is 1. The highest BCUT2D eigenvalue weighted by atomic mass is 32.2. The maximum Gasteiger partial charge on any atom is 0.295 e. The summed E-state index contributed by atoms with van der Waals surface area (Å²) in [6.45, 7) is 2.84. The van der Waals surface area contributed by atoms with Gasteiger partial charge in [-0.1, -0.05) is 103 Å². The standard InChI is InChI=1S/C33H46N2O5S/c1-4-5-6-7-8-9-10-11-12-13-14-15-16-19-22-39-31-24-26-23-27(35(36)37)25-29(38-3)32(26)40-33(31)34(2)28-20-17-18-21-30(28)41-33/h17-18,20-21,23-25H,4-16,19,22H2,1-3H3. The van der Waals surface area contributed by atoms with Crippen LogP contribution in [0.2, 0.25) is 0 Å². The minimum atomic E-state index is -0.948. The molecule has 0 aliphatic carbocycles. The zero-order valence-corrected chi connectivity index (χ0v) is 25.8. The van der Waals surface area contributed by atoms with Crippen molar-refractivity contribution in [3.05, 3.63) is 57.8 Å². The maximum atomic E-state index is 11.6. The predicted octanol–water partition coefficient (Wildman–Crippen LogP) is 9.73. The second-order valence-corrected chi connectivity index (χ2v) is 12.3. The van der Waals surface area contributed by atoms with Crippen LogP contribution >= 0.6 is 11.8 Å². The van der Waals surface area contributed by atoms with Crippen LogP contribution in [0.4, 0.5) is 11.4 Å². The first-order chi connectivity index (χ1) is 20.0. The molecule has 0 saturated carbocycles. The highest BCUT2D eigenvalue weighted by Gasteiger charge is 2.53. The molecule has 0 N–H and O–H groups in total. The predicted molar refractivity (Wildman–Crippen MR) is 168 cm³/mol. The van der Waals surface area contributed by atoms with Crippen molar-refractivity contribution in [2.75, 3.05) is 25.7 Å². The fraction of sp³-hybridized carbons (Fsp3) is 0.576. The monoisotopic (exact) mass is 582 g/mol. The lowest BCUT2D eigenvalue weighted by molar-refractivity contribution is -0.385. The molecule has 0 bridgehead atoms. The van der Waals surface area contributed by atoms with Gasteiger partial charge in [0.2, 0.25) is 0 Å². The largest absolute Gasteiger partial charge is 0.493 e. The highest BCUT2D eigenvalue weighted by molar-refractivity contribution is 8.01. The number of ether oxygens (including phenoxy) is 3. The van der Waals surface area contributed by atoms with E-state index in [9.17, 15) is 10.1 Å². The van der Waals surface area contributed by atoms with Gasteiger partial charge < -0.3 is 19.1 Å². The highest BCUT2D eigenvalue weighted by Crippen LogP contribution is 2.57. The van der Waals surface area contributed by atoms with E-state index in [2.05, 4.69) is 24.0 Å². The average Bonchev–Trinajstić information content (AvgIpc) is 3.26. The third-order valence-corrected chi connectivity index (χ3v) is 9.41. The molecule has 1 spiro atoms.